The molecule has 0 aliphatic carbocycles. The number of carbonyl (C=O) groups is 2. The van der Waals surface area contributed by atoms with E-state index >= 15 is 0 Å². The van der Waals surface area contributed by atoms with E-state index in [9.17, 15) is 9.59 Å². The number of nitrogens with two attached hydrogens (primary N) is 1. The second kappa shape index (κ2) is 7.06. The lowest BCUT2D eigenvalue weighted by Crippen LogP contribution is -2.47. The summed E-state index contributed by atoms with van der Waals surface area (Å²) < 4.78 is 5.18. The summed E-state index contributed by atoms with van der Waals surface area (Å²) in [5.41, 5.74) is 6.60. The first-order valence-electron chi connectivity index (χ1n) is 8.37. The molecule has 1 aliphatic rings. The molecule has 0 bridgehead atoms. The van der Waals surface area contributed by atoms with Gasteiger partial charge < -0.3 is 15.8 Å². The van der Waals surface area contributed by atoms with Gasteiger partial charge in [-0.3, -0.25) is 14.5 Å². The number of carbonyl (C=O) groups excluding carboxylic acids is 2. The average Bonchev–Trinajstić information content (AvgIpc) is 2.66. The highest BCUT2D eigenvalue weighted by atomic mass is 16.5. The van der Waals surface area contributed by atoms with Crippen molar-refractivity contribution in [3.63, 3.8) is 0 Å². The van der Waals surface area contributed by atoms with Gasteiger partial charge >= 0.3 is 0 Å². The van der Waals surface area contributed by atoms with Gasteiger partial charge in [0.2, 0.25) is 5.91 Å². The van der Waals surface area contributed by atoms with Crippen LogP contribution in [0.15, 0.2) is 47.6 Å². The zero-order valence-corrected chi connectivity index (χ0v) is 15.4. The van der Waals surface area contributed by atoms with E-state index in [1.165, 1.54) is 18.2 Å². The molecular weight excluding hydrogens is 346 g/mol. The Hall–Kier alpha value is -3.42. The largest absolute Gasteiger partial charge is 0.494 e. The lowest BCUT2D eigenvalue weighted by Gasteiger charge is -2.33. The monoisotopic (exact) mass is 367 g/mol. The van der Waals surface area contributed by atoms with E-state index in [4.69, 9.17) is 10.5 Å². The zero-order chi connectivity index (χ0) is 19.6. The van der Waals surface area contributed by atoms with Gasteiger partial charge in [-0.15, -0.1) is 0 Å². The Bertz CT molecular complexity index is 927. The van der Waals surface area contributed by atoms with E-state index in [2.05, 4.69) is 15.3 Å². The molecule has 27 heavy (non-hydrogen) atoms. The maximum Gasteiger partial charge on any atom is 0.278 e. The van der Waals surface area contributed by atoms with Crippen molar-refractivity contribution in [2.45, 2.75) is 18.9 Å². The summed E-state index contributed by atoms with van der Waals surface area (Å²) >= 11 is 0. The van der Waals surface area contributed by atoms with Crippen molar-refractivity contribution in [3.8, 4) is 5.75 Å². The van der Waals surface area contributed by atoms with E-state index in [0.29, 0.717) is 11.4 Å². The van der Waals surface area contributed by atoms with Crippen LogP contribution in [0, 0.1) is 0 Å². The quantitative estimate of drug-likeness (QED) is 0.855. The third-order valence-corrected chi connectivity index (χ3v) is 4.52. The predicted octanol–water partition coefficient (Wildman–Crippen LogP) is 1.73. The van der Waals surface area contributed by atoms with Gasteiger partial charge in [-0.1, -0.05) is 12.1 Å². The minimum Gasteiger partial charge on any atom is -0.494 e. The van der Waals surface area contributed by atoms with Gasteiger partial charge in [0.25, 0.3) is 5.91 Å². The lowest BCUT2D eigenvalue weighted by atomic mass is 9.87. The molecule has 0 unspecified atom stereocenters. The molecule has 0 fully saturated rings. The van der Waals surface area contributed by atoms with Crippen LogP contribution in [-0.2, 0) is 10.3 Å². The summed E-state index contributed by atoms with van der Waals surface area (Å²) in [6.45, 7) is 1.84. The number of hydrogen-bond acceptors (Lipinski definition) is 6. The second-order valence-corrected chi connectivity index (χ2v) is 6.46. The van der Waals surface area contributed by atoms with Crippen LogP contribution in [-0.4, -0.2) is 41.8 Å². The van der Waals surface area contributed by atoms with Crippen molar-refractivity contribution in [1.82, 2.24) is 9.88 Å². The Kier molecular flexibility index (Phi) is 4.81. The maximum absolute atomic E-state index is 12.5. The van der Waals surface area contributed by atoms with Crippen LogP contribution >= 0.6 is 0 Å². The minimum absolute atomic E-state index is 0.113. The maximum atomic E-state index is 12.5. The van der Waals surface area contributed by atoms with E-state index < -0.39 is 11.4 Å². The van der Waals surface area contributed by atoms with Crippen molar-refractivity contribution in [3.05, 3.63) is 53.9 Å². The van der Waals surface area contributed by atoms with Gasteiger partial charge in [0.15, 0.2) is 11.7 Å². The Morgan fingerprint density at radius 3 is 2.81 bits per heavy atom. The van der Waals surface area contributed by atoms with Gasteiger partial charge in [-0.2, -0.15) is 0 Å². The molecule has 2 amide bonds. The average molecular weight is 367 g/mol. The van der Waals surface area contributed by atoms with Crippen molar-refractivity contribution in [2.75, 3.05) is 19.5 Å². The van der Waals surface area contributed by atoms with Crippen LogP contribution in [0.3, 0.4) is 0 Å². The number of anilines is 1. The number of nitrogens with one attached hydrogen (secondary N) is 1. The summed E-state index contributed by atoms with van der Waals surface area (Å²) in [4.78, 5) is 34.6. The van der Waals surface area contributed by atoms with E-state index in [0.717, 1.165) is 5.56 Å². The Balaban J connectivity index is 1.88. The molecule has 2 aromatic rings. The van der Waals surface area contributed by atoms with Gasteiger partial charge in [-0.05, 0) is 36.8 Å². The molecule has 1 aliphatic heterocycles. The van der Waals surface area contributed by atoms with Crippen molar-refractivity contribution in [2.24, 2.45) is 10.7 Å². The van der Waals surface area contributed by atoms with Crippen LogP contribution in [0.2, 0.25) is 0 Å². The van der Waals surface area contributed by atoms with Crippen LogP contribution in [0.1, 0.15) is 29.4 Å². The van der Waals surface area contributed by atoms with Gasteiger partial charge in [0.1, 0.15) is 5.75 Å². The SMILES string of the molecule is COc1cccnc1C(=O)Nc1cccc([C@]2(C)CC(=O)N(C)C(N)=N2)c1. The Morgan fingerprint density at radius 1 is 1.33 bits per heavy atom. The highest BCUT2D eigenvalue weighted by molar-refractivity contribution is 6.04. The van der Waals surface area contributed by atoms with Crippen LogP contribution in [0.4, 0.5) is 5.69 Å². The summed E-state index contributed by atoms with van der Waals surface area (Å²) in [6, 6.07) is 10.5. The number of benzene rings is 1. The number of hydrogen-bond donors (Lipinski definition) is 2. The van der Waals surface area contributed by atoms with E-state index in [1.54, 1.807) is 37.4 Å². The Morgan fingerprint density at radius 2 is 2.11 bits per heavy atom. The molecule has 2 heterocycles. The summed E-state index contributed by atoms with van der Waals surface area (Å²) in [5, 5.41) is 2.80. The molecule has 0 saturated heterocycles. The molecule has 0 spiro atoms. The molecular formula is C19H21N5O3. The Labute approximate surface area is 157 Å². The molecule has 140 valence electrons. The number of nitrogens with zero attached hydrogens (tertiary/aromatic N) is 3. The smallest absolute Gasteiger partial charge is 0.278 e. The molecule has 3 N–H and O–H groups in total. The number of amides is 2. The van der Waals surface area contributed by atoms with Crippen LogP contribution in [0.25, 0.3) is 0 Å². The highest BCUT2D eigenvalue weighted by Gasteiger charge is 2.36. The van der Waals surface area contributed by atoms with Crippen molar-refractivity contribution < 1.29 is 14.3 Å². The standard InChI is InChI=1S/C19H21N5O3/c1-19(11-15(25)24(2)18(20)23-19)12-6-4-7-13(10-12)22-17(26)16-14(27-3)8-5-9-21-16/h4-10H,11H2,1-3H3,(H2,20,23)(H,22,26)/t19-/m0/s1. The summed E-state index contributed by atoms with van der Waals surface area (Å²) in [5.74, 6) is 0.0488. The van der Waals surface area contributed by atoms with E-state index in [-0.39, 0.29) is 24.0 Å². The summed E-state index contributed by atoms with van der Waals surface area (Å²) in [7, 11) is 3.08. The normalized spacial score (nSPS) is 19.4. The fourth-order valence-electron chi connectivity index (χ4n) is 2.92. The first kappa shape index (κ1) is 18.4. The second-order valence-electron chi connectivity index (χ2n) is 6.46. The first-order valence-corrected chi connectivity index (χ1v) is 8.37. The zero-order valence-electron chi connectivity index (χ0n) is 15.4. The van der Waals surface area contributed by atoms with Gasteiger partial charge in [-0.25, -0.2) is 9.98 Å². The lowest BCUT2D eigenvalue weighted by molar-refractivity contribution is -0.128. The highest BCUT2D eigenvalue weighted by Crippen LogP contribution is 2.34. The van der Waals surface area contributed by atoms with Gasteiger partial charge in [0.05, 0.1) is 19.1 Å². The fourth-order valence-corrected chi connectivity index (χ4v) is 2.92. The fraction of sp³-hybridized carbons (Fsp3) is 0.263. The number of methoxy groups -OCH3 is 1. The molecule has 0 saturated carbocycles. The minimum atomic E-state index is -0.795. The molecule has 3 rings (SSSR count). The molecule has 1 aromatic carbocycles. The molecule has 0 radical (unpaired) electrons. The number of pyridine rings is 1. The van der Waals surface area contributed by atoms with Crippen molar-refractivity contribution >= 4 is 23.5 Å². The van der Waals surface area contributed by atoms with Crippen molar-refractivity contribution in [1.29, 1.82) is 0 Å². The number of aliphatic imine (C=N–C) groups is 1. The third-order valence-electron chi connectivity index (χ3n) is 4.52. The summed E-state index contributed by atoms with van der Waals surface area (Å²) in [6.07, 6.45) is 1.71. The van der Waals surface area contributed by atoms with Crippen LogP contribution in [0.5, 0.6) is 5.75 Å². The number of ether oxygens (including phenoxy) is 1. The molecule has 1 aromatic heterocycles. The number of aromatic nitrogens is 1. The molecule has 8 heteroatoms. The van der Waals surface area contributed by atoms with Crippen LogP contribution < -0.4 is 15.8 Å². The third kappa shape index (κ3) is 3.59. The molecule has 8 nitrogen and oxygen atoms in total. The van der Waals surface area contributed by atoms with Gasteiger partial charge in [0, 0.05) is 18.9 Å². The first-order chi connectivity index (χ1) is 12.8. The topological polar surface area (TPSA) is 110 Å². The molecule has 1 atom stereocenters. The number of rotatable bonds is 4. The predicted molar refractivity (Wildman–Crippen MR) is 102 cm³/mol. The number of guanidine groups is 1. The van der Waals surface area contributed by atoms with E-state index in [1.807, 2.05) is 13.0 Å².